The van der Waals surface area contributed by atoms with Gasteiger partial charge in [-0.3, -0.25) is 4.79 Å². The van der Waals surface area contributed by atoms with Gasteiger partial charge in [0.05, 0.1) is 0 Å². The van der Waals surface area contributed by atoms with E-state index < -0.39 is 0 Å². The van der Waals surface area contributed by atoms with Crippen molar-refractivity contribution in [1.82, 2.24) is 5.32 Å². The van der Waals surface area contributed by atoms with Crippen molar-refractivity contribution in [3.05, 3.63) is 35.4 Å². The average Bonchev–Trinajstić information content (AvgIpc) is 2.47. The molecule has 0 saturated heterocycles. The van der Waals surface area contributed by atoms with E-state index in [0.717, 1.165) is 19.4 Å². The Balaban J connectivity index is 2.24. The molecule has 2 nitrogen and oxygen atoms in total. The second kappa shape index (κ2) is 9.57. The molecule has 0 aliphatic carbocycles. The molecule has 0 aromatic heterocycles. The van der Waals surface area contributed by atoms with E-state index in [0.29, 0.717) is 12.3 Å². The summed E-state index contributed by atoms with van der Waals surface area (Å²) in [5, 5.41) is 3.09. The number of hydrogen-bond acceptors (Lipinski definition) is 1. The molecule has 0 unspecified atom stereocenters. The molecule has 0 aliphatic rings. The fourth-order valence-corrected chi connectivity index (χ4v) is 2.30. The van der Waals surface area contributed by atoms with E-state index in [1.165, 1.54) is 30.4 Å². The molecule has 0 fully saturated rings. The molecule has 1 atom stereocenters. The minimum Gasteiger partial charge on any atom is -0.356 e. The molecule has 0 heterocycles. The predicted octanol–water partition coefficient (Wildman–Crippen LogP) is 4.26. The fourth-order valence-electron chi connectivity index (χ4n) is 2.30. The predicted molar refractivity (Wildman–Crippen MR) is 85.8 cm³/mol. The van der Waals surface area contributed by atoms with Gasteiger partial charge in [-0.1, -0.05) is 62.9 Å². The van der Waals surface area contributed by atoms with Crippen LogP contribution in [0.5, 0.6) is 0 Å². The van der Waals surface area contributed by atoms with Crippen molar-refractivity contribution >= 4 is 5.91 Å². The largest absolute Gasteiger partial charge is 0.356 e. The lowest BCUT2D eigenvalue weighted by Gasteiger charge is -2.15. The minimum atomic E-state index is 0.181. The van der Waals surface area contributed by atoms with E-state index in [4.69, 9.17) is 0 Å². The number of unbranched alkanes of at least 4 members (excludes halogenated alkanes) is 1. The molecule has 0 bridgehead atoms. The van der Waals surface area contributed by atoms with Crippen LogP contribution >= 0.6 is 0 Å². The second-order valence-electron chi connectivity index (χ2n) is 5.71. The summed E-state index contributed by atoms with van der Waals surface area (Å²) in [6.07, 6.45) is 6.30. The van der Waals surface area contributed by atoms with E-state index in [1.807, 2.05) is 0 Å². The maximum atomic E-state index is 11.9. The van der Waals surface area contributed by atoms with Crippen molar-refractivity contribution in [3.8, 4) is 0 Å². The Bertz CT molecular complexity index is 383. The van der Waals surface area contributed by atoms with Crippen LogP contribution in [0.4, 0.5) is 0 Å². The van der Waals surface area contributed by atoms with Crippen molar-refractivity contribution in [3.63, 3.8) is 0 Å². The Kier molecular flexibility index (Phi) is 8.01. The van der Waals surface area contributed by atoms with Crippen LogP contribution in [0, 0.1) is 12.8 Å². The Morgan fingerprint density at radius 1 is 1.20 bits per heavy atom. The van der Waals surface area contributed by atoms with Crippen molar-refractivity contribution in [2.24, 2.45) is 5.92 Å². The summed E-state index contributed by atoms with van der Waals surface area (Å²) >= 11 is 0. The third-order valence-electron chi connectivity index (χ3n) is 3.89. The quantitative estimate of drug-likeness (QED) is 0.717. The van der Waals surface area contributed by atoms with E-state index in [2.05, 4.69) is 50.4 Å². The summed E-state index contributed by atoms with van der Waals surface area (Å²) in [6.45, 7) is 7.34. The Morgan fingerprint density at radius 3 is 2.50 bits per heavy atom. The average molecular weight is 275 g/mol. The first-order valence-electron chi connectivity index (χ1n) is 7.98. The summed E-state index contributed by atoms with van der Waals surface area (Å²) in [5.74, 6) is 0.818. The van der Waals surface area contributed by atoms with Gasteiger partial charge in [-0.2, -0.15) is 0 Å². The van der Waals surface area contributed by atoms with Crippen molar-refractivity contribution < 1.29 is 4.79 Å². The molecular formula is C18H29NO. The molecule has 1 aromatic rings. The van der Waals surface area contributed by atoms with Gasteiger partial charge in [0.15, 0.2) is 0 Å². The van der Waals surface area contributed by atoms with Crippen LogP contribution in [0.25, 0.3) is 0 Å². The fraction of sp³-hybridized carbons (Fsp3) is 0.611. The normalized spacial score (nSPS) is 12.2. The van der Waals surface area contributed by atoms with Crippen LogP contribution in [0.2, 0.25) is 0 Å². The maximum Gasteiger partial charge on any atom is 0.220 e. The number of carbonyl (C=O) groups excluding carboxylic acids is 1. The van der Waals surface area contributed by atoms with Gasteiger partial charge in [0.25, 0.3) is 0 Å². The number of benzene rings is 1. The smallest absolute Gasteiger partial charge is 0.220 e. The van der Waals surface area contributed by atoms with Gasteiger partial charge in [-0.05, 0) is 31.2 Å². The molecule has 0 aliphatic heterocycles. The summed E-state index contributed by atoms with van der Waals surface area (Å²) in [6, 6.07) is 8.42. The standard InChI is InChI=1S/C18H29NO/c1-4-6-7-16(5-2)14-19-18(20)13-12-17-10-8-15(3)9-11-17/h8-11,16H,4-7,12-14H2,1-3H3,(H,19,20)/t16-/m1/s1. The lowest BCUT2D eigenvalue weighted by atomic mass is 9.99. The van der Waals surface area contributed by atoms with Crippen molar-refractivity contribution in [2.45, 2.75) is 59.3 Å². The third kappa shape index (κ3) is 6.74. The van der Waals surface area contributed by atoms with Crippen LogP contribution in [0.15, 0.2) is 24.3 Å². The van der Waals surface area contributed by atoms with Crippen LogP contribution in [0.1, 0.15) is 57.1 Å². The minimum absolute atomic E-state index is 0.181. The molecule has 112 valence electrons. The topological polar surface area (TPSA) is 29.1 Å². The van der Waals surface area contributed by atoms with Gasteiger partial charge < -0.3 is 5.32 Å². The van der Waals surface area contributed by atoms with Crippen LogP contribution < -0.4 is 5.32 Å². The molecular weight excluding hydrogens is 246 g/mol. The first-order valence-corrected chi connectivity index (χ1v) is 7.98. The molecule has 1 N–H and O–H groups in total. The van der Waals surface area contributed by atoms with Crippen LogP contribution in [-0.4, -0.2) is 12.5 Å². The monoisotopic (exact) mass is 275 g/mol. The molecule has 0 radical (unpaired) electrons. The molecule has 20 heavy (non-hydrogen) atoms. The molecule has 1 aromatic carbocycles. The molecule has 0 spiro atoms. The highest BCUT2D eigenvalue weighted by Crippen LogP contribution is 2.11. The van der Waals surface area contributed by atoms with E-state index in [9.17, 15) is 4.79 Å². The Labute approximate surface area is 124 Å². The van der Waals surface area contributed by atoms with Crippen LogP contribution in [0.3, 0.4) is 0 Å². The maximum absolute atomic E-state index is 11.9. The zero-order valence-corrected chi connectivity index (χ0v) is 13.2. The van der Waals surface area contributed by atoms with E-state index >= 15 is 0 Å². The summed E-state index contributed by atoms with van der Waals surface area (Å²) in [4.78, 5) is 11.9. The lowest BCUT2D eigenvalue weighted by Crippen LogP contribution is -2.29. The first-order chi connectivity index (χ1) is 9.65. The van der Waals surface area contributed by atoms with E-state index in [1.54, 1.807) is 0 Å². The summed E-state index contributed by atoms with van der Waals surface area (Å²) in [5.41, 5.74) is 2.50. The number of rotatable bonds is 9. The number of amides is 1. The SMILES string of the molecule is CCCC[C@@H](CC)CNC(=O)CCc1ccc(C)cc1. The second-order valence-corrected chi connectivity index (χ2v) is 5.71. The highest BCUT2D eigenvalue weighted by Gasteiger charge is 2.08. The zero-order chi connectivity index (χ0) is 14.8. The number of hydrogen-bond donors (Lipinski definition) is 1. The van der Waals surface area contributed by atoms with Gasteiger partial charge in [0.2, 0.25) is 5.91 Å². The van der Waals surface area contributed by atoms with Crippen molar-refractivity contribution in [1.29, 1.82) is 0 Å². The Hall–Kier alpha value is -1.31. The first kappa shape index (κ1) is 16.7. The number of aryl methyl sites for hydroxylation is 2. The highest BCUT2D eigenvalue weighted by molar-refractivity contribution is 5.76. The van der Waals surface area contributed by atoms with Gasteiger partial charge in [0, 0.05) is 13.0 Å². The molecule has 1 amide bonds. The zero-order valence-electron chi connectivity index (χ0n) is 13.2. The molecule has 1 rings (SSSR count). The van der Waals surface area contributed by atoms with Crippen molar-refractivity contribution in [2.75, 3.05) is 6.54 Å². The summed E-state index contributed by atoms with van der Waals surface area (Å²) in [7, 11) is 0. The van der Waals surface area contributed by atoms with Gasteiger partial charge in [-0.15, -0.1) is 0 Å². The van der Waals surface area contributed by atoms with Gasteiger partial charge in [0.1, 0.15) is 0 Å². The third-order valence-corrected chi connectivity index (χ3v) is 3.89. The highest BCUT2D eigenvalue weighted by atomic mass is 16.1. The van der Waals surface area contributed by atoms with Gasteiger partial charge in [-0.25, -0.2) is 0 Å². The number of carbonyl (C=O) groups is 1. The lowest BCUT2D eigenvalue weighted by molar-refractivity contribution is -0.121. The number of nitrogens with one attached hydrogen (secondary N) is 1. The van der Waals surface area contributed by atoms with Gasteiger partial charge >= 0.3 is 0 Å². The van der Waals surface area contributed by atoms with E-state index in [-0.39, 0.29) is 5.91 Å². The van der Waals surface area contributed by atoms with Crippen LogP contribution in [-0.2, 0) is 11.2 Å². The molecule has 0 saturated carbocycles. The summed E-state index contributed by atoms with van der Waals surface area (Å²) < 4.78 is 0. The Morgan fingerprint density at radius 2 is 1.90 bits per heavy atom. The molecule has 2 heteroatoms.